The van der Waals surface area contributed by atoms with E-state index in [1.165, 1.54) is 57.3 Å². The van der Waals surface area contributed by atoms with Crippen LogP contribution in [0.15, 0.2) is 47.5 Å². The molecule has 1 atom stereocenters. The summed E-state index contributed by atoms with van der Waals surface area (Å²) in [5.74, 6) is 1.19. The third kappa shape index (κ3) is 3.18. The van der Waals surface area contributed by atoms with Gasteiger partial charge in [-0.25, -0.2) is 0 Å². The van der Waals surface area contributed by atoms with E-state index >= 15 is 0 Å². The maximum absolute atomic E-state index is 4.76. The minimum Gasteiger partial charge on any atom is -0.367 e. The van der Waals surface area contributed by atoms with Gasteiger partial charge in [0.25, 0.3) is 0 Å². The predicted molar refractivity (Wildman–Crippen MR) is 106 cm³/mol. The normalized spacial score (nSPS) is 17.3. The van der Waals surface area contributed by atoms with Crippen LogP contribution in [0, 0.1) is 0 Å². The quantitative estimate of drug-likeness (QED) is 0.603. The molecular weight excluding hydrogens is 312 g/mol. The van der Waals surface area contributed by atoms with E-state index < -0.39 is 0 Å². The summed E-state index contributed by atoms with van der Waals surface area (Å²) in [4.78, 5) is 4.76. The highest BCUT2D eigenvalue weighted by Gasteiger charge is 2.12. The van der Waals surface area contributed by atoms with Crippen molar-refractivity contribution in [3.63, 3.8) is 0 Å². The molecule has 124 valence electrons. The second-order valence-corrected chi connectivity index (χ2v) is 7.80. The van der Waals surface area contributed by atoms with Gasteiger partial charge in [0, 0.05) is 39.2 Å². The first-order chi connectivity index (χ1) is 11.8. The van der Waals surface area contributed by atoms with Crippen molar-refractivity contribution in [3.8, 4) is 0 Å². The maximum Gasteiger partial charge on any atom is 0.0967 e. The Hall–Kier alpha value is -1.87. The summed E-state index contributed by atoms with van der Waals surface area (Å²) < 4.78 is 2.74. The van der Waals surface area contributed by atoms with Gasteiger partial charge in [0.1, 0.15) is 0 Å². The lowest BCUT2D eigenvalue weighted by molar-refractivity contribution is 0.618. The Labute approximate surface area is 147 Å². The van der Waals surface area contributed by atoms with Crippen LogP contribution < -0.4 is 5.32 Å². The van der Waals surface area contributed by atoms with E-state index in [2.05, 4.69) is 54.7 Å². The fourth-order valence-electron chi connectivity index (χ4n) is 3.51. The fourth-order valence-corrected chi connectivity index (χ4v) is 4.60. The van der Waals surface area contributed by atoms with Gasteiger partial charge in [-0.05, 0) is 43.5 Å². The fraction of sp³-hybridized carbons (Fsp3) is 0.381. The molecule has 1 N–H and O–H groups in total. The minimum absolute atomic E-state index is 0.297. The Bertz CT molecular complexity index is 878. The molecule has 0 spiro atoms. The molecule has 1 aromatic heterocycles. The summed E-state index contributed by atoms with van der Waals surface area (Å²) in [6, 6.07) is 15.9. The second kappa shape index (κ2) is 6.94. The van der Waals surface area contributed by atoms with Gasteiger partial charge in [0.15, 0.2) is 0 Å². The molecule has 1 unspecified atom stereocenters. The summed E-state index contributed by atoms with van der Waals surface area (Å²) in [6.45, 7) is 3.22. The van der Waals surface area contributed by atoms with Crippen molar-refractivity contribution in [2.24, 2.45) is 4.99 Å². The molecule has 0 aliphatic carbocycles. The Morgan fingerprint density at radius 2 is 1.79 bits per heavy atom. The van der Waals surface area contributed by atoms with Gasteiger partial charge < -0.3 is 5.32 Å². The number of fused-ring (bicyclic) bond motifs is 3. The molecule has 3 heteroatoms. The number of hydrogen-bond donors (Lipinski definition) is 1. The smallest absolute Gasteiger partial charge is 0.0967 e. The lowest BCUT2D eigenvalue weighted by Crippen LogP contribution is -2.27. The van der Waals surface area contributed by atoms with Crippen molar-refractivity contribution in [2.75, 3.05) is 6.54 Å². The molecule has 1 aliphatic heterocycles. The van der Waals surface area contributed by atoms with Crippen molar-refractivity contribution in [3.05, 3.63) is 48.0 Å². The third-order valence-corrected chi connectivity index (χ3v) is 6.06. The lowest BCUT2D eigenvalue weighted by Gasteiger charge is -2.19. The standard InChI is InChI=1S/C21H24N2S/c1-15(23-21-10-4-2-3-7-13-22-21)16-11-12-20-18(14-16)17-8-5-6-9-19(17)24-20/h5-6,8-9,11-12,14-15H,2-4,7,10,13H2,1H3,(H,22,23). The highest BCUT2D eigenvalue weighted by molar-refractivity contribution is 7.25. The Morgan fingerprint density at radius 3 is 2.75 bits per heavy atom. The van der Waals surface area contributed by atoms with Gasteiger partial charge in [-0.15, -0.1) is 11.3 Å². The van der Waals surface area contributed by atoms with Crippen LogP contribution in [-0.2, 0) is 0 Å². The van der Waals surface area contributed by atoms with Crippen molar-refractivity contribution in [1.82, 2.24) is 5.32 Å². The number of hydrogen-bond acceptors (Lipinski definition) is 3. The number of nitrogens with zero attached hydrogens (tertiary/aromatic N) is 1. The average molecular weight is 337 g/mol. The van der Waals surface area contributed by atoms with E-state index in [1.807, 2.05) is 11.3 Å². The highest BCUT2D eigenvalue weighted by atomic mass is 32.1. The number of nitrogens with one attached hydrogen (secondary N) is 1. The van der Waals surface area contributed by atoms with E-state index in [-0.39, 0.29) is 0 Å². The Balaban J connectivity index is 1.61. The molecule has 1 aliphatic rings. The third-order valence-electron chi connectivity index (χ3n) is 4.91. The number of benzene rings is 2. The topological polar surface area (TPSA) is 24.4 Å². The molecule has 2 aromatic carbocycles. The maximum atomic E-state index is 4.76. The van der Waals surface area contributed by atoms with E-state index in [0.29, 0.717) is 6.04 Å². The Kier molecular flexibility index (Phi) is 4.52. The summed E-state index contributed by atoms with van der Waals surface area (Å²) in [5.41, 5.74) is 1.34. The van der Waals surface area contributed by atoms with E-state index in [4.69, 9.17) is 4.99 Å². The zero-order valence-electron chi connectivity index (χ0n) is 14.2. The zero-order chi connectivity index (χ0) is 16.4. The number of amidine groups is 1. The number of aliphatic imine (C=N–C) groups is 1. The van der Waals surface area contributed by atoms with Crippen molar-refractivity contribution < 1.29 is 0 Å². The van der Waals surface area contributed by atoms with Gasteiger partial charge in [0.05, 0.1) is 5.84 Å². The molecule has 0 saturated heterocycles. The molecule has 2 heterocycles. The van der Waals surface area contributed by atoms with Gasteiger partial charge in [-0.3, -0.25) is 4.99 Å². The van der Waals surface area contributed by atoms with Crippen molar-refractivity contribution >= 4 is 37.3 Å². The number of rotatable bonds is 2. The highest BCUT2D eigenvalue weighted by Crippen LogP contribution is 2.35. The van der Waals surface area contributed by atoms with Gasteiger partial charge in [0.2, 0.25) is 0 Å². The van der Waals surface area contributed by atoms with Crippen LogP contribution in [-0.4, -0.2) is 12.4 Å². The summed E-state index contributed by atoms with van der Waals surface area (Å²) in [6.07, 6.45) is 6.24. The first-order valence-electron chi connectivity index (χ1n) is 9.02. The van der Waals surface area contributed by atoms with Crippen LogP contribution in [0.5, 0.6) is 0 Å². The minimum atomic E-state index is 0.297. The monoisotopic (exact) mass is 336 g/mol. The first-order valence-corrected chi connectivity index (χ1v) is 9.84. The second-order valence-electron chi connectivity index (χ2n) is 6.71. The summed E-state index contributed by atoms with van der Waals surface area (Å²) >= 11 is 1.88. The van der Waals surface area contributed by atoms with Crippen LogP contribution in [0.2, 0.25) is 0 Å². The van der Waals surface area contributed by atoms with Crippen LogP contribution >= 0.6 is 11.3 Å². The number of thiophene rings is 1. The van der Waals surface area contributed by atoms with Crippen LogP contribution in [0.3, 0.4) is 0 Å². The lowest BCUT2D eigenvalue weighted by atomic mass is 10.0. The molecule has 0 radical (unpaired) electrons. The van der Waals surface area contributed by atoms with Gasteiger partial charge >= 0.3 is 0 Å². The molecule has 0 amide bonds. The molecule has 2 nitrogen and oxygen atoms in total. The SMILES string of the molecule is CC(NC1=NCCCCCC1)c1ccc2sc3ccccc3c2c1. The average Bonchev–Trinajstić information content (AvgIpc) is 2.95. The summed E-state index contributed by atoms with van der Waals surface area (Å²) in [7, 11) is 0. The molecule has 4 rings (SSSR count). The molecule has 24 heavy (non-hydrogen) atoms. The van der Waals surface area contributed by atoms with Gasteiger partial charge in [-0.1, -0.05) is 37.1 Å². The molecular formula is C21H24N2S. The van der Waals surface area contributed by atoms with E-state index in [0.717, 1.165) is 13.0 Å². The summed E-state index contributed by atoms with van der Waals surface area (Å²) in [5, 5.41) is 6.41. The molecule has 0 saturated carbocycles. The van der Waals surface area contributed by atoms with Gasteiger partial charge in [-0.2, -0.15) is 0 Å². The van der Waals surface area contributed by atoms with E-state index in [1.54, 1.807) is 0 Å². The van der Waals surface area contributed by atoms with Crippen LogP contribution in [0.1, 0.15) is 50.6 Å². The van der Waals surface area contributed by atoms with Crippen LogP contribution in [0.25, 0.3) is 20.2 Å². The Morgan fingerprint density at radius 1 is 0.958 bits per heavy atom. The van der Waals surface area contributed by atoms with E-state index in [9.17, 15) is 0 Å². The molecule has 0 bridgehead atoms. The van der Waals surface area contributed by atoms with Crippen molar-refractivity contribution in [1.29, 1.82) is 0 Å². The van der Waals surface area contributed by atoms with Crippen molar-refractivity contribution in [2.45, 2.75) is 45.1 Å². The largest absolute Gasteiger partial charge is 0.367 e. The van der Waals surface area contributed by atoms with Crippen LogP contribution in [0.4, 0.5) is 0 Å². The predicted octanol–water partition coefficient (Wildman–Crippen LogP) is 6.07. The zero-order valence-corrected chi connectivity index (χ0v) is 15.0. The molecule has 3 aromatic rings. The first kappa shape index (κ1) is 15.6. The molecule has 0 fully saturated rings.